The average Bonchev–Trinajstić information content (AvgIpc) is 2.10. The normalized spacial score (nSPS) is 11.7. The van der Waals surface area contributed by atoms with Crippen LogP contribution in [0.5, 0.6) is 0 Å². The molecule has 84 valence electrons. The minimum Gasteiger partial charge on any atom is -0.374 e. The second-order valence-electron chi connectivity index (χ2n) is 4.20. The minimum absolute atomic E-state index is 0.0810. The highest BCUT2D eigenvalue weighted by atomic mass is 79.9. The van der Waals surface area contributed by atoms with Crippen LogP contribution in [0, 0.1) is 0 Å². The summed E-state index contributed by atoms with van der Waals surface area (Å²) >= 11 is 3.14. The molecule has 0 aromatic carbocycles. The maximum Gasteiger partial charge on any atom is 0.267 e. The van der Waals surface area contributed by atoms with E-state index in [1.807, 2.05) is 20.8 Å². The predicted octanol–water partition coefficient (Wildman–Crippen LogP) is 1.82. The van der Waals surface area contributed by atoms with Crippen molar-refractivity contribution in [1.82, 2.24) is 9.55 Å². The SMILES string of the molecule is CC(C)(C)OCCn1cncc(Br)c1=O. The summed E-state index contributed by atoms with van der Waals surface area (Å²) in [5.74, 6) is 0. The Morgan fingerprint density at radius 2 is 2.20 bits per heavy atom. The Morgan fingerprint density at radius 1 is 1.53 bits per heavy atom. The summed E-state index contributed by atoms with van der Waals surface area (Å²) in [6.45, 7) is 6.96. The van der Waals surface area contributed by atoms with Crippen molar-refractivity contribution in [2.45, 2.75) is 32.9 Å². The largest absolute Gasteiger partial charge is 0.374 e. The quantitative estimate of drug-likeness (QED) is 0.845. The summed E-state index contributed by atoms with van der Waals surface area (Å²) in [6, 6.07) is 0. The lowest BCUT2D eigenvalue weighted by atomic mass is 10.2. The summed E-state index contributed by atoms with van der Waals surface area (Å²) in [5.41, 5.74) is -0.259. The molecule has 1 heterocycles. The fourth-order valence-corrected chi connectivity index (χ4v) is 1.38. The van der Waals surface area contributed by atoms with Crippen LogP contribution in [0.2, 0.25) is 0 Å². The molecule has 5 heteroatoms. The van der Waals surface area contributed by atoms with Gasteiger partial charge in [-0.25, -0.2) is 4.98 Å². The van der Waals surface area contributed by atoms with Crippen LogP contribution in [0.25, 0.3) is 0 Å². The monoisotopic (exact) mass is 274 g/mol. The standard InChI is InChI=1S/C10H15BrN2O2/c1-10(2,3)15-5-4-13-7-12-6-8(11)9(13)14/h6-7H,4-5H2,1-3H3. The molecule has 1 aromatic heterocycles. The van der Waals surface area contributed by atoms with Crippen molar-refractivity contribution in [3.05, 3.63) is 27.4 Å². The lowest BCUT2D eigenvalue weighted by Crippen LogP contribution is -2.26. The third-order valence-corrected chi connectivity index (χ3v) is 2.27. The molecule has 0 aliphatic heterocycles. The molecular weight excluding hydrogens is 260 g/mol. The number of hydrogen-bond acceptors (Lipinski definition) is 3. The molecule has 15 heavy (non-hydrogen) atoms. The van der Waals surface area contributed by atoms with Gasteiger partial charge in [-0.3, -0.25) is 9.36 Å². The average molecular weight is 275 g/mol. The number of aromatic nitrogens is 2. The van der Waals surface area contributed by atoms with Gasteiger partial charge in [0.15, 0.2) is 0 Å². The summed E-state index contributed by atoms with van der Waals surface area (Å²) in [7, 11) is 0. The maximum absolute atomic E-state index is 11.5. The van der Waals surface area contributed by atoms with Crippen LogP contribution in [-0.4, -0.2) is 21.8 Å². The van der Waals surface area contributed by atoms with E-state index in [0.717, 1.165) is 0 Å². The molecule has 0 bridgehead atoms. The van der Waals surface area contributed by atoms with Crippen molar-refractivity contribution in [1.29, 1.82) is 0 Å². The van der Waals surface area contributed by atoms with Crippen LogP contribution in [0.4, 0.5) is 0 Å². The fraction of sp³-hybridized carbons (Fsp3) is 0.600. The maximum atomic E-state index is 11.5. The van der Waals surface area contributed by atoms with Crippen LogP contribution in [-0.2, 0) is 11.3 Å². The first-order valence-corrected chi connectivity index (χ1v) is 5.53. The molecular formula is C10H15BrN2O2. The van der Waals surface area contributed by atoms with Gasteiger partial charge >= 0.3 is 0 Å². The smallest absolute Gasteiger partial charge is 0.267 e. The zero-order valence-corrected chi connectivity index (χ0v) is 10.7. The van der Waals surface area contributed by atoms with Gasteiger partial charge in [-0.15, -0.1) is 0 Å². The summed E-state index contributed by atoms with van der Waals surface area (Å²) in [4.78, 5) is 15.5. The molecule has 0 atom stereocenters. The van der Waals surface area contributed by atoms with Gasteiger partial charge in [0.05, 0.1) is 25.1 Å². The van der Waals surface area contributed by atoms with Crippen molar-refractivity contribution in [2.24, 2.45) is 0 Å². The first-order valence-electron chi connectivity index (χ1n) is 4.74. The summed E-state index contributed by atoms with van der Waals surface area (Å²) in [6.07, 6.45) is 3.00. The zero-order chi connectivity index (χ0) is 11.5. The van der Waals surface area contributed by atoms with Gasteiger partial charge in [-0.1, -0.05) is 0 Å². The third-order valence-electron chi connectivity index (χ3n) is 1.73. The van der Waals surface area contributed by atoms with Crippen molar-refractivity contribution < 1.29 is 4.74 Å². The van der Waals surface area contributed by atoms with Gasteiger partial charge in [0, 0.05) is 6.20 Å². The topological polar surface area (TPSA) is 44.1 Å². The zero-order valence-electron chi connectivity index (χ0n) is 9.16. The van der Waals surface area contributed by atoms with E-state index in [4.69, 9.17) is 4.74 Å². The Labute approximate surface area is 97.4 Å². The predicted molar refractivity (Wildman–Crippen MR) is 61.9 cm³/mol. The van der Waals surface area contributed by atoms with E-state index in [1.54, 1.807) is 0 Å². The van der Waals surface area contributed by atoms with Crippen molar-refractivity contribution in [3.8, 4) is 0 Å². The molecule has 1 rings (SSSR count). The molecule has 0 amide bonds. The second-order valence-corrected chi connectivity index (χ2v) is 5.06. The number of halogens is 1. The molecule has 0 aliphatic carbocycles. The van der Waals surface area contributed by atoms with Gasteiger partial charge in [0.1, 0.15) is 4.47 Å². The van der Waals surface area contributed by atoms with Crippen LogP contribution >= 0.6 is 15.9 Å². The molecule has 0 N–H and O–H groups in total. The highest BCUT2D eigenvalue weighted by molar-refractivity contribution is 9.10. The second kappa shape index (κ2) is 4.90. The molecule has 0 spiro atoms. The Balaban J connectivity index is 2.59. The third kappa shape index (κ3) is 4.13. The van der Waals surface area contributed by atoms with Crippen molar-refractivity contribution >= 4 is 15.9 Å². The van der Waals surface area contributed by atoms with E-state index in [-0.39, 0.29) is 11.2 Å². The molecule has 0 radical (unpaired) electrons. The summed E-state index contributed by atoms with van der Waals surface area (Å²) in [5, 5.41) is 0. The van der Waals surface area contributed by atoms with Crippen LogP contribution in [0.1, 0.15) is 20.8 Å². The Bertz CT molecular complexity index is 382. The fourth-order valence-electron chi connectivity index (χ4n) is 1.03. The lowest BCUT2D eigenvalue weighted by Gasteiger charge is -2.19. The first-order chi connectivity index (χ1) is 6.90. The number of hydrogen-bond donors (Lipinski definition) is 0. The van der Waals surface area contributed by atoms with Gasteiger partial charge in [0.2, 0.25) is 0 Å². The summed E-state index contributed by atoms with van der Waals surface area (Å²) < 4.78 is 7.52. The Kier molecular flexibility index (Phi) is 4.04. The molecule has 4 nitrogen and oxygen atoms in total. The van der Waals surface area contributed by atoms with Crippen LogP contribution in [0.15, 0.2) is 21.8 Å². The van der Waals surface area contributed by atoms with E-state index >= 15 is 0 Å². The van der Waals surface area contributed by atoms with E-state index in [2.05, 4.69) is 20.9 Å². The highest BCUT2D eigenvalue weighted by Gasteiger charge is 2.09. The van der Waals surface area contributed by atoms with E-state index in [9.17, 15) is 4.79 Å². The van der Waals surface area contributed by atoms with Gasteiger partial charge in [0.25, 0.3) is 5.56 Å². The van der Waals surface area contributed by atoms with Gasteiger partial charge in [-0.2, -0.15) is 0 Å². The van der Waals surface area contributed by atoms with E-state index in [1.165, 1.54) is 17.1 Å². The van der Waals surface area contributed by atoms with Crippen molar-refractivity contribution in [2.75, 3.05) is 6.61 Å². The van der Waals surface area contributed by atoms with Gasteiger partial charge < -0.3 is 4.74 Å². The number of ether oxygens (including phenoxy) is 1. The molecule has 0 saturated carbocycles. The molecule has 0 saturated heterocycles. The first kappa shape index (κ1) is 12.4. The lowest BCUT2D eigenvalue weighted by molar-refractivity contribution is -0.00724. The Morgan fingerprint density at radius 3 is 2.80 bits per heavy atom. The highest BCUT2D eigenvalue weighted by Crippen LogP contribution is 2.06. The number of nitrogens with zero attached hydrogens (tertiary/aromatic N) is 2. The van der Waals surface area contributed by atoms with E-state index < -0.39 is 0 Å². The van der Waals surface area contributed by atoms with Crippen molar-refractivity contribution in [3.63, 3.8) is 0 Å². The van der Waals surface area contributed by atoms with E-state index in [0.29, 0.717) is 17.6 Å². The van der Waals surface area contributed by atoms with Crippen LogP contribution < -0.4 is 5.56 Å². The van der Waals surface area contributed by atoms with Crippen LogP contribution in [0.3, 0.4) is 0 Å². The Hall–Kier alpha value is -0.680. The molecule has 0 aliphatic rings. The molecule has 0 unspecified atom stereocenters. The minimum atomic E-state index is -0.178. The van der Waals surface area contributed by atoms with Gasteiger partial charge in [-0.05, 0) is 36.7 Å². The molecule has 1 aromatic rings. The molecule has 0 fully saturated rings. The number of rotatable bonds is 3.